The molecule has 0 saturated heterocycles. The Balaban J connectivity index is 2.50. The van der Waals surface area contributed by atoms with Gasteiger partial charge < -0.3 is 19.7 Å². The number of benzene rings is 1. The molecule has 0 aliphatic rings. The van der Waals surface area contributed by atoms with Crippen LogP contribution in [0.2, 0.25) is 0 Å². The highest BCUT2D eigenvalue weighted by Gasteiger charge is 2.04. The first-order valence-corrected chi connectivity index (χ1v) is 4.87. The average molecular weight is 208 g/mol. The third-order valence-corrected chi connectivity index (χ3v) is 2.04. The van der Waals surface area contributed by atoms with Crippen molar-refractivity contribution >= 4 is 13.4 Å². The maximum atomic E-state index is 8.91. The molecule has 0 aliphatic heterocycles. The Labute approximate surface area is 90.4 Å². The summed E-state index contributed by atoms with van der Waals surface area (Å²) in [7, 11) is 0.683. The van der Waals surface area contributed by atoms with Crippen molar-refractivity contribution in [2.45, 2.75) is 0 Å². The third kappa shape index (κ3) is 4.33. The van der Waals surface area contributed by atoms with E-state index in [9.17, 15) is 0 Å². The van der Waals surface area contributed by atoms with E-state index in [4.69, 9.17) is 14.8 Å². The molecule has 1 aromatic carbocycles. The Morgan fingerprint density at radius 3 is 2.53 bits per heavy atom. The fourth-order valence-electron chi connectivity index (χ4n) is 1.35. The van der Waals surface area contributed by atoms with Crippen LogP contribution in [-0.2, 0) is 4.65 Å². The van der Waals surface area contributed by atoms with E-state index in [2.05, 4.69) is 0 Å². The van der Waals surface area contributed by atoms with Crippen molar-refractivity contribution in [2.24, 2.45) is 0 Å². The maximum Gasteiger partial charge on any atom is 0.485 e. The first kappa shape index (κ1) is 12.0. The second-order valence-corrected chi connectivity index (χ2v) is 3.02. The molecular weight excluding hydrogens is 193 g/mol. The van der Waals surface area contributed by atoms with Crippen molar-refractivity contribution in [3.05, 3.63) is 30.3 Å². The van der Waals surface area contributed by atoms with Crippen LogP contribution in [0.15, 0.2) is 30.3 Å². The first-order valence-electron chi connectivity index (χ1n) is 4.87. The normalized spacial score (nSPS) is 10.0. The minimum Gasteiger partial charge on any atom is -0.429 e. The molecule has 81 valence electrons. The highest BCUT2D eigenvalue weighted by molar-refractivity contribution is 6.15. The highest BCUT2D eigenvalue weighted by Crippen LogP contribution is 2.11. The molecule has 0 amide bonds. The van der Waals surface area contributed by atoms with Crippen molar-refractivity contribution in [3.8, 4) is 0 Å². The topological polar surface area (TPSA) is 52.9 Å². The second kappa shape index (κ2) is 7.28. The van der Waals surface area contributed by atoms with Crippen molar-refractivity contribution in [2.75, 3.05) is 31.2 Å². The summed E-state index contributed by atoms with van der Waals surface area (Å²) in [5, 5.41) is 17.3. The van der Waals surface area contributed by atoms with Crippen LogP contribution < -0.4 is 4.90 Å². The summed E-state index contributed by atoms with van der Waals surface area (Å²) in [4.78, 5) is 1.99. The number of rotatable bonds is 7. The Morgan fingerprint density at radius 1 is 1.20 bits per heavy atom. The van der Waals surface area contributed by atoms with Crippen LogP contribution in [0.25, 0.3) is 0 Å². The lowest BCUT2D eigenvalue weighted by Gasteiger charge is -2.23. The molecule has 0 saturated carbocycles. The number of para-hydroxylation sites is 1. The molecule has 1 rings (SSSR count). The quantitative estimate of drug-likeness (QED) is 0.490. The minimum absolute atomic E-state index is 0.0950. The van der Waals surface area contributed by atoms with Crippen molar-refractivity contribution in [3.63, 3.8) is 0 Å². The molecule has 0 fully saturated rings. The molecule has 0 aromatic heterocycles. The van der Waals surface area contributed by atoms with Crippen molar-refractivity contribution in [1.82, 2.24) is 0 Å². The van der Waals surface area contributed by atoms with Crippen LogP contribution in [0.1, 0.15) is 0 Å². The van der Waals surface area contributed by atoms with Gasteiger partial charge in [0.2, 0.25) is 0 Å². The number of aliphatic hydroxyl groups is 1. The zero-order valence-electron chi connectivity index (χ0n) is 8.54. The van der Waals surface area contributed by atoms with Crippen LogP contribution in [0.3, 0.4) is 0 Å². The highest BCUT2D eigenvalue weighted by atomic mass is 16.5. The van der Waals surface area contributed by atoms with Crippen LogP contribution in [0.5, 0.6) is 0 Å². The number of aliphatic hydroxyl groups excluding tert-OH is 1. The van der Waals surface area contributed by atoms with Gasteiger partial charge in [-0.05, 0) is 12.1 Å². The van der Waals surface area contributed by atoms with E-state index >= 15 is 0 Å². The predicted octanol–water partition coefficient (Wildman–Crippen LogP) is 0.0284. The lowest BCUT2D eigenvalue weighted by molar-refractivity contribution is 0.277. The Kier molecular flexibility index (Phi) is 5.84. The average Bonchev–Trinajstić information content (AvgIpc) is 2.29. The molecule has 2 N–H and O–H groups in total. The zero-order chi connectivity index (χ0) is 10.9. The Bertz CT molecular complexity index is 258. The number of nitrogens with zero attached hydrogens (tertiary/aromatic N) is 1. The van der Waals surface area contributed by atoms with Gasteiger partial charge in [0.1, 0.15) is 0 Å². The molecule has 0 bridgehead atoms. The van der Waals surface area contributed by atoms with Gasteiger partial charge in [-0.2, -0.15) is 0 Å². The van der Waals surface area contributed by atoms with Crippen LogP contribution >= 0.6 is 0 Å². The maximum absolute atomic E-state index is 8.91. The zero-order valence-corrected chi connectivity index (χ0v) is 8.54. The van der Waals surface area contributed by atoms with Crippen LogP contribution in [0, 0.1) is 0 Å². The number of hydrogen-bond donors (Lipinski definition) is 2. The van der Waals surface area contributed by atoms with Gasteiger partial charge in [-0.1, -0.05) is 18.2 Å². The van der Waals surface area contributed by atoms with Gasteiger partial charge in [0.25, 0.3) is 0 Å². The van der Waals surface area contributed by atoms with Gasteiger partial charge >= 0.3 is 7.69 Å². The summed E-state index contributed by atoms with van der Waals surface area (Å²) in [6, 6.07) is 9.77. The molecule has 0 aliphatic carbocycles. The Hall–Kier alpha value is -1.04. The molecular formula is C10H15BNO3. The standard InChI is InChI=1S/C10H15BNO3/c13-8-6-12(7-9-15-11-14)10-4-2-1-3-5-10/h1-5,13-14H,6-9H2. The summed E-state index contributed by atoms with van der Waals surface area (Å²) in [6.45, 7) is 1.67. The van der Waals surface area contributed by atoms with E-state index in [0.29, 0.717) is 27.4 Å². The minimum atomic E-state index is 0.0950. The summed E-state index contributed by atoms with van der Waals surface area (Å²) >= 11 is 0. The first-order chi connectivity index (χ1) is 7.38. The summed E-state index contributed by atoms with van der Waals surface area (Å²) in [5.74, 6) is 0. The molecule has 0 heterocycles. The summed E-state index contributed by atoms with van der Waals surface area (Å²) in [5.41, 5.74) is 1.04. The van der Waals surface area contributed by atoms with Gasteiger partial charge in [-0.25, -0.2) is 0 Å². The number of hydrogen-bond acceptors (Lipinski definition) is 4. The Morgan fingerprint density at radius 2 is 1.93 bits per heavy atom. The summed E-state index contributed by atoms with van der Waals surface area (Å²) in [6.07, 6.45) is 0. The molecule has 4 nitrogen and oxygen atoms in total. The molecule has 1 aromatic rings. The fraction of sp³-hybridized carbons (Fsp3) is 0.400. The molecule has 0 atom stereocenters. The smallest absolute Gasteiger partial charge is 0.429 e. The van der Waals surface area contributed by atoms with E-state index in [1.165, 1.54) is 0 Å². The predicted molar refractivity (Wildman–Crippen MR) is 59.7 cm³/mol. The monoisotopic (exact) mass is 208 g/mol. The van der Waals surface area contributed by atoms with E-state index in [1.807, 2.05) is 35.2 Å². The van der Waals surface area contributed by atoms with Gasteiger partial charge in [0.15, 0.2) is 0 Å². The fourth-order valence-corrected chi connectivity index (χ4v) is 1.35. The lowest BCUT2D eigenvalue weighted by Crippen LogP contribution is -2.30. The van der Waals surface area contributed by atoms with Gasteiger partial charge in [-0.15, -0.1) is 0 Å². The van der Waals surface area contributed by atoms with Crippen molar-refractivity contribution < 1.29 is 14.8 Å². The van der Waals surface area contributed by atoms with E-state index in [-0.39, 0.29) is 6.61 Å². The van der Waals surface area contributed by atoms with Gasteiger partial charge in [0.05, 0.1) is 6.61 Å². The van der Waals surface area contributed by atoms with Crippen LogP contribution in [0.4, 0.5) is 5.69 Å². The largest absolute Gasteiger partial charge is 0.485 e. The van der Waals surface area contributed by atoms with Crippen molar-refractivity contribution in [1.29, 1.82) is 0 Å². The molecule has 5 heteroatoms. The SMILES string of the molecule is O[B]OCCN(CCO)c1ccccc1. The van der Waals surface area contributed by atoms with Gasteiger partial charge in [0, 0.05) is 25.4 Å². The molecule has 15 heavy (non-hydrogen) atoms. The van der Waals surface area contributed by atoms with Gasteiger partial charge in [-0.3, -0.25) is 0 Å². The second-order valence-electron chi connectivity index (χ2n) is 3.02. The van der Waals surface area contributed by atoms with E-state index in [1.54, 1.807) is 0 Å². The summed E-state index contributed by atoms with van der Waals surface area (Å²) < 4.78 is 4.74. The van der Waals surface area contributed by atoms with Crippen LogP contribution in [-0.4, -0.2) is 44.1 Å². The molecule has 0 unspecified atom stereocenters. The van der Waals surface area contributed by atoms with E-state index in [0.717, 1.165) is 5.69 Å². The molecule has 1 radical (unpaired) electrons. The lowest BCUT2D eigenvalue weighted by atomic mass is 10.3. The van der Waals surface area contributed by atoms with E-state index < -0.39 is 0 Å². The third-order valence-electron chi connectivity index (χ3n) is 2.04. The number of anilines is 1. The molecule has 0 spiro atoms.